The molecule has 1 aliphatic carbocycles. The van der Waals surface area contributed by atoms with Gasteiger partial charge in [-0.2, -0.15) is 8.78 Å². The fourth-order valence-electron chi connectivity index (χ4n) is 3.13. The summed E-state index contributed by atoms with van der Waals surface area (Å²) < 4.78 is 26.8. The van der Waals surface area contributed by atoms with Gasteiger partial charge in [0.1, 0.15) is 5.82 Å². The van der Waals surface area contributed by atoms with E-state index in [0.29, 0.717) is 18.9 Å². The average molecular weight is 301 g/mol. The van der Waals surface area contributed by atoms with E-state index < -0.39 is 6.55 Å². The van der Waals surface area contributed by atoms with Gasteiger partial charge in [-0.3, -0.25) is 9.47 Å². The number of hydrogen-bond acceptors (Lipinski definition) is 2. The van der Waals surface area contributed by atoms with Crippen LogP contribution in [0.2, 0.25) is 0 Å². The number of halogens is 2. The highest BCUT2D eigenvalue weighted by molar-refractivity contribution is 5.34. The van der Waals surface area contributed by atoms with Crippen LogP contribution in [0.15, 0.2) is 36.7 Å². The van der Waals surface area contributed by atoms with Crippen LogP contribution >= 0.6 is 0 Å². The molecule has 3 nitrogen and oxygen atoms in total. The van der Waals surface area contributed by atoms with E-state index in [-0.39, 0.29) is 6.04 Å². The molecule has 0 saturated carbocycles. The predicted molar refractivity (Wildman–Crippen MR) is 80.2 cm³/mol. The fraction of sp³-hybridized carbons (Fsp3) is 0.353. The largest absolute Gasteiger partial charge is 0.319 e. The zero-order valence-electron chi connectivity index (χ0n) is 12.1. The number of benzene rings is 1. The Bertz CT molecular complexity index is 687. The lowest BCUT2D eigenvalue weighted by Crippen LogP contribution is -2.29. The highest BCUT2D eigenvalue weighted by Gasteiger charge is 2.28. The van der Waals surface area contributed by atoms with Gasteiger partial charge in [0.15, 0.2) is 0 Å². The standard InChI is InChI=1S/C17H17F2N3/c1-2-10-21(12-16-20-9-11-22(16)17(18)19)15-8-7-13-5-3-4-6-14(13)15/h1,3-6,9,11,15,17H,7-8,10,12H2/t15-/m1/s1. The van der Waals surface area contributed by atoms with E-state index in [4.69, 9.17) is 6.42 Å². The summed E-state index contributed by atoms with van der Waals surface area (Å²) in [5.41, 5.74) is 2.56. The number of hydrogen-bond donors (Lipinski definition) is 0. The molecule has 0 unspecified atom stereocenters. The second-order valence-corrected chi connectivity index (χ2v) is 5.39. The first-order valence-electron chi connectivity index (χ1n) is 7.26. The Hall–Kier alpha value is -2.19. The third kappa shape index (κ3) is 2.75. The lowest BCUT2D eigenvalue weighted by atomic mass is 10.1. The third-order valence-corrected chi connectivity index (χ3v) is 4.14. The van der Waals surface area contributed by atoms with Gasteiger partial charge < -0.3 is 0 Å². The van der Waals surface area contributed by atoms with E-state index in [1.54, 1.807) is 0 Å². The molecule has 0 radical (unpaired) electrons. The molecule has 1 aromatic heterocycles. The highest BCUT2D eigenvalue weighted by Crippen LogP contribution is 2.36. The molecular weight excluding hydrogens is 284 g/mol. The molecule has 114 valence electrons. The van der Waals surface area contributed by atoms with E-state index in [9.17, 15) is 8.78 Å². The second kappa shape index (κ2) is 6.29. The van der Waals surface area contributed by atoms with E-state index in [1.807, 2.05) is 17.0 Å². The number of rotatable bonds is 5. The SMILES string of the molecule is C#CCN(Cc1nccn1C(F)F)[C@@H]1CCc2ccccc21. The molecule has 1 heterocycles. The summed E-state index contributed by atoms with van der Waals surface area (Å²) in [6.07, 6.45) is 10.1. The predicted octanol–water partition coefficient (Wildman–Crippen LogP) is 3.40. The molecule has 5 heteroatoms. The van der Waals surface area contributed by atoms with Gasteiger partial charge in [-0.15, -0.1) is 6.42 Å². The lowest BCUT2D eigenvalue weighted by Gasteiger charge is -2.27. The molecule has 0 bridgehead atoms. The molecule has 0 aliphatic heterocycles. The molecule has 0 amide bonds. The minimum Gasteiger partial charge on any atom is -0.278 e. The first-order chi connectivity index (χ1) is 10.7. The summed E-state index contributed by atoms with van der Waals surface area (Å²) in [6.45, 7) is -1.85. The van der Waals surface area contributed by atoms with Crippen LogP contribution in [0.3, 0.4) is 0 Å². The summed E-state index contributed by atoms with van der Waals surface area (Å²) >= 11 is 0. The monoisotopic (exact) mass is 301 g/mol. The first-order valence-corrected chi connectivity index (χ1v) is 7.26. The summed E-state index contributed by atoms with van der Waals surface area (Å²) in [5.74, 6) is 2.98. The maximum absolute atomic E-state index is 13.0. The van der Waals surface area contributed by atoms with Crippen LogP contribution < -0.4 is 0 Å². The lowest BCUT2D eigenvalue weighted by molar-refractivity contribution is 0.0627. The van der Waals surface area contributed by atoms with Gasteiger partial charge in [-0.05, 0) is 24.0 Å². The Balaban J connectivity index is 1.85. The molecule has 0 saturated heterocycles. The van der Waals surface area contributed by atoms with Crippen molar-refractivity contribution in [2.45, 2.75) is 32.0 Å². The van der Waals surface area contributed by atoms with Crippen molar-refractivity contribution in [1.82, 2.24) is 14.5 Å². The van der Waals surface area contributed by atoms with Crippen LogP contribution in [-0.4, -0.2) is 21.0 Å². The first kappa shape index (κ1) is 14.7. The zero-order chi connectivity index (χ0) is 15.5. The third-order valence-electron chi connectivity index (χ3n) is 4.14. The molecule has 1 atom stereocenters. The number of fused-ring (bicyclic) bond motifs is 1. The smallest absolute Gasteiger partial charge is 0.278 e. The van der Waals surface area contributed by atoms with Crippen molar-refractivity contribution in [2.75, 3.05) is 6.54 Å². The Morgan fingerprint density at radius 2 is 2.23 bits per heavy atom. The molecule has 1 aromatic carbocycles. The van der Waals surface area contributed by atoms with Gasteiger partial charge in [0.25, 0.3) is 0 Å². The molecule has 0 spiro atoms. The summed E-state index contributed by atoms with van der Waals surface area (Å²) in [5, 5.41) is 0. The summed E-state index contributed by atoms with van der Waals surface area (Å²) in [4.78, 5) is 6.11. The highest BCUT2D eigenvalue weighted by atomic mass is 19.3. The Morgan fingerprint density at radius 3 is 3.00 bits per heavy atom. The van der Waals surface area contributed by atoms with Crippen LogP contribution in [0.1, 0.15) is 36.0 Å². The average Bonchev–Trinajstić information content (AvgIpc) is 3.13. The second-order valence-electron chi connectivity index (χ2n) is 5.39. The van der Waals surface area contributed by atoms with Crippen LogP contribution in [0, 0.1) is 12.3 Å². The van der Waals surface area contributed by atoms with Gasteiger partial charge >= 0.3 is 6.55 Å². The van der Waals surface area contributed by atoms with Crippen molar-refractivity contribution in [1.29, 1.82) is 0 Å². The Kier molecular flexibility index (Phi) is 4.21. The molecule has 0 fully saturated rings. The van der Waals surface area contributed by atoms with E-state index in [2.05, 4.69) is 23.0 Å². The van der Waals surface area contributed by atoms with Crippen molar-refractivity contribution in [3.8, 4) is 12.3 Å². The van der Waals surface area contributed by atoms with Crippen molar-refractivity contribution in [3.05, 3.63) is 53.6 Å². The normalized spacial score (nSPS) is 17.0. The van der Waals surface area contributed by atoms with E-state index >= 15 is 0 Å². The molecule has 2 aromatic rings. The number of imidazole rings is 1. The molecule has 0 N–H and O–H groups in total. The Labute approximate surface area is 128 Å². The van der Waals surface area contributed by atoms with Crippen LogP contribution in [0.25, 0.3) is 0 Å². The molecular formula is C17H17F2N3. The maximum Gasteiger partial charge on any atom is 0.319 e. The van der Waals surface area contributed by atoms with Gasteiger partial charge in [-0.25, -0.2) is 4.98 Å². The molecule has 22 heavy (non-hydrogen) atoms. The maximum atomic E-state index is 13.0. The minimum atomic E-state index is -2.58. The van der Waals surface area contributed by atoms with Gasteiger partial charge in [-0.1, -0.05) is 30.2 Å². The van der Waals surface area contributed by atoms with Crippen LogP contribution in [0.4, 0.5) is 8.78 Å². The molecule has 3 rings (SSSR count). The van der Waals surface area contributed by atoms with E-state index in [0.717, 1.165) is 17.4 Å². The topological polar surface area (TPSA) is 21.1 Å². The number of terminal acetylenes is 1. The molecule has 1 aliphatic rings. The Morgan fingerprint density at radius 1 is 1.41 bits per heavy atom. The van der Waals surface area contributed by atoms with Gasteiger partial charge in [0, 0.05) is 18.4 Å². The van der Waals surface area contributed by atoms with Crippen LogP contribution in [0.5, 0.6) is 0 Å². The quantitative estimate of drug-likeness (QED) is 0.789. The number of aromatic nitrogens is 2. The fourth-order valence-corrected chi connectivity index (χ4v) is 3.13. The van der Waals surface area contributed by atoms with Gasteiger partial charge in [0.2, 0.25) is 0 Å². The number of aryl methyl sites for hydroxylation is 1. The number of nitrogens with zero attached hydrogens (tertiary/aromatic N) is 3. The van der Waals surface area contributed by atoms with Crippen molar-refractivity contribution in [2.24, 2.45) is 0 Å². The minimum absolute atomic E-state index is 0.162. The van der Waals surface area contributed by atoms with Crippen LogP contribution in [-0.2, 0) is 13.0 Å². The van der Waals surface area contributed by atoms with Crippen molar-refractivity contribution >= 4 is 0 Å². The van der Waals surface area contributed by atoms with Crippen molar-refractivity contribution in [3.63, 3.8) is 0 Å². The summed E-state index contributed by atoms with van der Waals surface area (Å²) in [7, 11) is 0. The zero-order valence-corrected chi connectivity index (χ0v) is 12.1. The number of alkyl halides is 2. The van der Waals surface area contributed by atoms with Gasteiger partial charge in [0.05, 0.1) is 13.1 Å². The van der Waals surface area contributed by atoms with Crippen molar-refractivity contribution < 1.29 is 8.78 Å². The van der Waals surface area contributed by atoms with E-state index in [1.165, 1.54) is 23.5 Å². The summed E-state index contributed by atoms with van der Waals surface area (Å²) in [6, 6.07) is 8.40.